The van der Waals surface area contributed by atoms with Crippen molar-refractivity contribution in [2.45, 2.75) is 0 Å². The van der Waals surface area contributed by atoms with Crippen molar-refractivity contribution in [1.29, 1.82) is 0 Å². The van der Waals surface area contributed by atoms with Crippen LogP contribution in [0.1, 0.15) is 16.1 Å². The van der Waals surface area contributed by atoms with Gasteiger partial charge in [0, 0.05) is 11.8 Å². The highest BCUT2D eigenvalue weighted by Crippen LogP contribution is 2.26. The zero-order chi connectivity index (χ0) is 13.0. The third-order valence-corrected chi connectivity index (χ3v) is 2.26. The zero-order valence-electron chi connectivity index (χ0n) is 9.29. The zero-order valence-corrected chi connectivity index (χ0v) is 9.29. The maximum atomic E-state index is 11.5. The van der Waals surface area contributed by atoms with E-state index in [1.165, 1.54) is 12.3 Å². The van der Waals surface area contributed by atoms with Gasteiger partial charge in [0.25, 0.3) is 5.91 Å². The molecule has 4 N–H and O–H groups in total. The van der Waals surface area contributed by atoms with E-state index in [1.807, 2.05) is 0 Å². The van der Waals surface area contributed by atoms with E-state index >= 15 is 0 Å². The quantitative estimate of drug-likeness (QED) is 0.371. The van der Waals surface area contributed by atoms with Crippen LogP contribution in [0, 0.1) is 0 Å². The van der Waals surface area contributed by atoms with Gasteiger partial charge in [-0.05, 0) is 24.3 Å². The maximum absolute atomic E-state index is 11.5. The molecule has 6 nitrogen and oxygen atoms in total. The van der Waals surface area contributed by atoms with Crippen molar-refractivity contribution in [1.82, 2.24) is 10.4 Å². The van der Waals surface area contributed by atoms with Gasteiger partial charge in [-0.15, -0.1) is 0 Å². The first-order valence-electron chi connectivity index (χ1n) is 5.16. The van der Waals surface area contributed by atoms with E-state index in [0.29, 0.717) is 11.3 Å². The van der Waals surface area contributed by atoms with E-state index in [4.69, 9.17) is 0 Å². The third kappa shape index (κ3) is 2.49. The number of para-hydroxylation sites is 1. The Bertz CT molecular complexity index is 576. The molecule has 1 amide bonds. The number of nitrogens with zero attached hydrogens (tertiary/aromatic N) is 1. The molecule has 0 saturated heterocycles. The summed E-state index contributed by atoms with van der Waals surface area (Å²) >= 11 is 0. The lowest BCUT2D eigenvalue weighted by Gasteiger charge is -2.00. The second kappa shape index (κ2) is 5.05. The number of benzene rings is 1. The van der Waals surface area contributed by atoms with Crippen molar-refractivity contribution >= 4 is 12.1 Å². The van der Waals surface area contributed by atoms with Gasteiger partial charge >= 0.3 is 0 Å². The molecule has 2 rings (SSSR count). The molecular formula is C12H11N3O3. The van der Waals surface area contributed by atoms with E-state index in [2.05, 4.69) is 15.5 Å². The molecule has 0 aliphatic heterocycles. The summed E-state index contributed by atoms with van der Waals surface area (Å²) in [6.07, 6.45) is 2.87. The maximum Gasteiger partial charge on any atom is 0.287 e. The summed E-state index contributed by atoms with van der Waals surface area (Å²) in [4.78, 5) is 14.2. The van der Waals surface area contributed by atoms with Crippen LogP contribution in [0.5, 0.6) is 11.5 Å². The number of hydrazone groups is 1. The largest absolute Gasteiger partial charge is 0.504 e. The molecule has 0 unspecified atom stereocenters. The molecule has 0 aliphatic rings. The lowest BCUT2D eigenvalue weighted by molar-refractivity contribution is 0.0951. The van der Waals surface area contributed by atoms with Crippen LogP contribution in [-0.2, 0) is 0 Å². The average molecular weight is 245 g/mol. The number of amides is 1. The number of H-pyrrole nitrogens is 1. The van der Waals surface area contributed by atoms with Crippen molar-refractivity contribution in [3.8, 4) is 11.5 Å². The van der Waals surface area contributed by atoms with Crippen LogP contribution in [0.3, 0.4) is 0 Å². The van der Waals surface area contributed by atoms with Gasteiger partial charge in [-0.25, -0.2) is 5.43 Å². The Morgan fingerprint density at radius 1 is 1.28 bits per heavy atom. The predicted molar refractivity (Wildman–Crippen MR) is 65.6 cm³/mol. The summed E-state index contributed by atoms with van der Waals surface area (Å²) < 4.78 is 0. The van der Waals surface area contributed by atoms with E-state index < -0.39 is 5.91 Å². The fraction of sp³-hybridized carbons (Fsp3) is 0. The number of aromatic hydroxyl groups is 2. The standard InChI is InChI=1S/C12H11N3O3/c16-10-5-1-3-8(11(10)17)7-14-15-12(18)9-4-2-6-13-9/h1-7,13,16-17H,(H,15,18)/b14-7+. The van der Waals surface area contributed by atoms with E-state index in [-0.39, 0.29) is 11.5 Å². The minimum absolute atomic E-state index is 0.241. The molecule has 0 atom stereocenters. The monoisotopic (exact) mass is 245 g/mol. The molecule has 92 valence electrons. The molecule has 0 radical (unpaired) electrons. The molecule has 0 saturated carbocycles. The van der Waals surface area contributed by atoms with Crippen LogP contribution in [0.4, 0.5) is 0 Å². The van der Waals surface area contributed by atoms with Crippen molar-refractivity contribution in [2.75, 3.05) is 0 Å². The van der Waals surface area contributed by atoms with Crippen molar-refractivity contribution in [3.05, 3.63) is 47.8 Å². The predicted octanol–water partition coefficient (Wildman–Crippen LogP) is 1.19. The SMILES string of the molecule is O=C(N/N=C/c1cccc(O)c1O)c1ccc[nH]1. The lowest BCUT2D eigenvalue weighted by atomic mass is 10.2. The van der Waals surface area contributed by atoms with Gasteiger partial charge < -0.3 is 15.2 Å². The summed E-state index contributed by atoms with van der Waals surface area (Å²) in [5, 5.41) is 22.4. The molecule has 2 aromatic rings. The summed E-state index contributed by atoms with van der Waals surface area (Å²) in [6.45, 7) is 0. The summed E-state index contributed by atoms with van der Waals surface area (Å²) in [6, 6.07) is 7.77. The minimum Gasteiger partial charge on any atom is -0.504 e. The number of nitrogens with one attached hydrogen (secondary N) is 2. The normalized spacial score (nSPS) is 10.7. The minimum atomic E-state index is -0.393. The van der Waals surface area contributed by atoms with Crippen LogP contribution < -0.4 is 5.43 Å². The molecule has 1 heterocycles. The number of phenols is 2. The van der Waals surface area contributed by atoms with Gasteiger partial charge in [-0.2, -0.15) is 5.10 Å². The second-order valence-corrected chi connectivity index (χ2v) is 3.50. The molecule has 18 heavy (non-hydrogen) atoms. The van der Waals surface area contributed by atoms with Gasteiger partial charge in [0.2, 0.25) is 0 Å². The molecule has 0 aliphatic carbocycles. The highest BCUT2D eigenvalue weighted by Gasteiger charge is 2.05. The number of aromatic amines is 1. The molecule has 0 spiro atoms. The fourth-order valence-corrected chi connectivity index (χ4v) is 1.35. The molecule has 1 aromatic carbocycles. The number of carbonyl (C=O) groups excluding carboxylic acids is 1. The molecule has 1 aromatic heterocycles. The van der Waals surface area contributed by atoms with Crippen molar-refractivity contribution in [3.63, 3.8) is 0 Å². The van der Waals surface area contributed by atoms with Gasteiger partial charge in [0.15, 0.2) is 11.5 Å². The Morgan fingerprint density at radius 2 is 2.11 bits per heavy atom. The Kier molecular flexibility index (Phi) is 3.29. The first kappa shape index (κ1) is 11.7. The second-order valence-electron chi connectivity index (χ2n) is 3.50. The fourth-order valence-electron chi connectivity index (χ4n) is 1.35. The smallest absolute Gasteiger partial charge is 0.287 e. The topological polar surface area (TPSA) is 97.7 Å². The number of aromatic nitrogens is 1. The van der Waals surface area contributed by atoms with Crippen LogP contribution >= 0.6 is 0 Å². The highest BCUT2D eigenvalue weighted by atomic mass is 16.3. The molecule has 0 bridgehead atoms. The van der Waals surface area contributed by atoms with Gasteiger partial charge in [0.05, 0.1) is 6.21 Å². The summed E-state index contributed by atoms with van der Waals surface area (Å²) in [7, 11) is 0. The van der Waals surface area contributed by atoms with Crippen molar-refractivity contribution < 1.29 is 15.0 Å². The highest BCUT2D eigenvalue weighted by molar-refractivity contribution is 5.93. The number of phenolic OH excluding ortho intramolecular Hbond substituents is 2. The Labute approximate surface area is 103 Å². The number of carbonyl (C=O) groups is 1. The molecule has 0 fully saturated rings. The molecular weight excluding hydrogens is 234 g/mol. The number of hydrogen-bond acceptors (Lipinski definition) is 4. The summed E-state index contributed by atoms with van der Waals surface area (Å²) in [5.41, 5.74) is 2.98. The van der Waals surface area contributed by atoms with Crippen LogP contribution in [0.2, 0.25) is 0 Å². The van der Waals surface area contributed by atoms with Crippen LogP contribution in [-0.4, -0.2) is 27.3 Å². The Morgan fingerprint density at radius 3 is 2.83 bits per heavy atom. The lowest BCUT2D eigenvalue weighted by Crippen LogP contribution is -2.17. The average Bonchev–Trinajstić information content (AvgIpc) is 2.88. The first-order valence-corrected chi connectivity index (χ1v) is 5.16. The van der Waals surface area contributed by atoms with E-state index in [9.17, 15) is 15.0 Å². The van der Waals surface area contributed by atoms with E-state index in [0.717, 1.165) is 0 Å². The summed E-state index contributed by atoms with van der Waals surface area (Å²) in [5.74, 6) is -0.916. The first-order chi connectivity index (χ1) is 8.68. The third-order valence-electron chi connectivity index (χ3n) is 2.26. The Balaban J connectivity index is 2.04. The van der Waals surface area contributed by atoms with Crippen molar-refractivity contribution in [2.24, 2.45) is 5.10 Å². The Hall–Kier alpha value is -2.76. The van der Waals surface area contributed by atoms with Gasteiger partial charge in [-0.1, -0.05) is 6.07 Å². The van der Waals surface area contributed by atoms with Gasteiger partial charge in [0.1, 0.15) is 5.69 Å². The van der Waals surface area contributed by atoms with Crippen LogP contribution in [0.25, 0.3) is 0 Å². The number of hydrogen-bond donors (Lipinski definition) is 4. The van der Waals surface area contributed by atoms with Gasteiger partial charge in [-0.3, -0.25) is 4.79 Å². The molecule has 6 heteroatoms. The van der Waals surface area contributed by atoms with Crippen LogP contribution in [0.15, 0.2) is 41.6 Å². The van der Waals surface area contributed by atoms with E-state index in [1.54, 1.807) is 30.5 Å². The number of rotatable bonds is 3.